The van der Waals surface area contributed by atoms with Gasteiger partial charge in [-0.05, 0) is 30.5 Å². The van der Waals surface area contributed by atoms with E-state index in [1.165, 1.54) is 0 Å². The van der Waals surface area contributed by atoms with Crippen molar-refractivity contribution in [1.82, 2.24) is 10.2 Å². The van der Waals surface area contributed by atoms with E-state index in [4.69, 9.17) is 0 Å². The van der Waals surface area contributed by atoms with Crippen molar-refractivity contribution in [3.63, 3.8) is 0 Å². The number of urea groups is 1. The summed E-state index contributed by atoms with van der Waals surface area (Å²) in [7, 11) is 0. The third-order valence-corrected chi connectivity index (χ3v) is 5.37. The summed E-state index contributed by atoms with van der Waals surface area (Å²) in [5.74, 6) is -0.652. The van der Waals surface area contributed by atoms with Gasteiger partial charge in [0.25, 0.3) is 5.91 Å². The summed E-state index contributed by atoms with van der Waals surface area (Å²) in [6.45, 7) is 4.17. The van der Waals surface area contributed by atoms with Gasteiger partial charge in [-0.25, -0.2) is 4.79 Å². The highest BCUT2D eigenvalue weighted by atomic mass is 16.2. The fraction of sp³-hybridized carbons (Fsp3) is 0.348. The number of unbranched alkanes of at least 4 members (excludes halogenated alkanes) is 1. The molecular weight excluding hydrogens is 366 g/mol. The predicted octanol–water partition coefficient (Wildman–Crippen LogP) is 3.68. The van der Waals surface area contributed by atoms with Gasteiger partial charge in [0.15, 0.2) is 0 Å². The molecule has 0 aliphatic carbocycles. The van der Waals surface area contributed by atoms with Gasteiger partial charge in [-0.15, -0.1) is 0 Å². The second-order valence-electron chi connectivity index (χ2n) is 7.18. The van der Waals surface area contributed by atoms with Crippen LogP contribution in [0.4, 0.5) is 10.5 Å². The molecule has 1 N–H and O–H groups in total. The maximum atomic E-state index is 13.2. The summed E-state index contributed by atoms with van der Waals surface area (Å²) < 4.78 is 0. The Hall–Kier alpha value is -3.15. The Bertz CT molecular complexity index is 869. The third kappa shape index (κ3) is 4.01. The number of carbonyl (C=O) groups is 3. The van der Waals surface area contributed by atoms with Gasteiger partial charge in [0.2, 0.25) is 5.91 Å². The maximum absolute atomic E-state index is 13.2. The van der Waals surface area contributed by atoms with Gasteiger partial charge in [-0.1, -0.05) is 68.8 Å². The summed E-state index contributed by atoms with van der Waals surface area (Å²) >= 11 is 0. The quantitative estimate of drug-likeness (QED) is 0.696. The second-order valence-corrected chi connectivity index (χ2v) is 7.18. The first-order valence-electron chi connectivity index (χ1n) is 10.1. The van der Waals surface area contributed by atoms with E-state index >= 15 is 0 Å². The number of amides is 4. The highest BCUT2D eigenvalue weighted by molar-refractivity contribution is 6.10. The molecule has 0 spiro atoms. The van der Waals surface area contributed by atoms with Gasteiger partial charge in [0, 0.05) is 12.2 Å². The van der Waals surface area contributed by atoms with Gasteiger partial charge < -0.3 is 10.2 Å². The Kier molecular flexibility index (Phi) is 6.32. The third-order valence-electron chi connectivity index (χ3n) is 5.37. The van der Waals surface area contributed by atoms with E-state index in [2.05, 4.69) is 12.2 Å². The van der Waals surface area contributed by atoms with Crippen molar-refractivity contribution in [1.29, 1.82) is 0 Å². The van der Waals surface area contributed by atoms with Gasteiger partial charge in [0.1, 0.15) is 12.1 Å². The summed E-state index contributed by atoms with van der Waals surface area (Å²) in [5, 5.41) is 2.83. The number of nitrogens with one attached hydrogen (secondary N) is 1. The minimum absolute atomic E-state index is 0.270. The van der Waals surface area contributed by atoms with Crippen molar-refractivity contribution in [2.75, 3.05) is 18.0 Å². The number of imide groups is 1. The number of anilines is 1. The molecule has 1 unspecified atom stereocenters. The number of benzene rings is 2. The molecule has 1 heterocycles. The van der Waals surface area contributed by atoms with Crippen molar-refractivity contribution < 1.29 is 14.4 Å². The molecule has 2 aromatic carbocycles. The van der Waals surface area contributed by atoms with E-state index in [0.29, 0.717) is 13.0 Å². The Balaban J connectivity index is 1.84. The number of hydrogen-bond donors (Lipinski definition) is 1. The molecule has 1 aliphatic rings. The Labute approximate surface area is 171 Å². The molecule has 6 heteroatoms. The molecule has 2 aromatic rings. The van der Waals surface area contributed by atoms with Gasteiger partial charge >= 0.3 is 6.03 Å². The Morgan fingerprint density at radius 2 is 1.62 bits per heavy atom. The molecule has 6 nitrogen and oxygen atoms in total. The van der Waals surface area contributed by atoms with Crippen LogP contribution in [0.1, 0.15) is 38.7 Å². The first-order valence-corrected chi connectivity index (χ1v) is 10.1. The van der Waals surface area contributed by atoms with Crippen LogP contribution in [0.25, 0.3) is 0 Å². The number of para-hydroxylation sites is 1. The SMILES string of the molecule is CCCCN(C(=O)CN1C(=O)NC(CC)(c2ccccc2)C1=O)c1ccccc1. The molecule has 0 aromatic heterocycles. The topological polar surface area (TPSA) is 69.7 Å². The van der Waals surface area contributed by atoms with Crippen molar-refractivity contribution in [3.05, 3.63) is 66.2 Å². The Morgan fingerprint density at radius 3 is 2.21 bits per heavy atom. The number of hydrogen-bond acceptors (Lipinski definition) is 3. The lowest BCUT2D eigenvalue weighted by Crippen LogP contribution is -2.46. The lowest BCUT2D eigenvalue weighted by atomic mass is 9.87. The van der Waals surface area contributed by atoms with Gasteiger partial charge in [-0.2, -0.15) is 0 Å². The second kappa shape index (κ2) is 8.90. The van der Waals surface area contributed by atoms with Gasteiger partial charge in [-0.3, -0.25) is 14.5 Å². The zero-order chi connectivity index (χ0) is 20.9. The molecule has 3 rings (SSSR count). The van der Waals surface area contributed by atoms with E-state index in [1.807, 2.05) is 67.6 Å². The van der Waals surface area contributed by atoms with Crippen molar-refractivity contribution in [2.24, 2.45) is 0 Å². The fourth-order valence-electron chi connectivity index (χ4n) is 3.67. The van der Waals surface area contributed by atoms with Crippen molar-refractivity contribution in [2.45, 2.75) is 38.6 Å². The van der Waals surface area contributed by atoms with E-state index in [0.717, 1.165) is 29.0 Å². The van der Waals surface area contributed by atoms with Crippen LogP contribution in [0.3, 0.4) is 0 Å². The fourth-order valence-corrected chi connectivity index (χ4v) is 3.67. The zero-order valence-electron chi connectivity index (χ0n) is 16.9. The van der Waals surface area contributed by atoms with Crippen LogP contribution >= 0.6 is 0 Å². The molecule has 29 heavy (non-hydrogen) atoms. The van der Waals surface area contributed by atoms with Crippen LogP contribution in [0, 0.1) is 0 Å². The monoisotopic (exact) mass is 393 g/mol. The smallest absolute Gasteiger partial charge is 0.319 e. The van der Waals surface area contributed by atoms with E-state index in [-0.39, 0.29) is 18.4 Å². The summed E-state index contributed by atoms with van der Waals surface area (Å²) in [6, 6.07) is 18.0. The lowest BCUT2D eigenvalue weighted by Gasteiger charge is -2.27. The summed E-state index contributed by atoms with van der Waals surface area (Å²) in [4.78, 5) is 41.7. The molecule has 1 atom stereocenters. The van der Waals surface area contributed by atoms with Crippen molar-refractivity contribution in [3.8, 4) is 0 Å². The first kappa shape index (κ1) is 20.6. The molecule has 1 aliphatic heterocycles. The molecule has 4 amide bonds. The molecule has 1 fully saturated rings. The largest absolute Gasteiger partial charge is 0.325 e. The highest BCUT2D eigenvalue weighted by Gasteiger charge is 2.51. The number of rotatable bonds is 8. The van der Waals surface area contributed by atoms with Crippen molar-refractivity contribution >= 4 is 23.5 Å². The van der Waals surface area contributed by atoms with Crippen LogP contribution in [-0.4, -0.2) is 35.8 Å². The normalized spacial score (nSPS) is 18.6. The van der Waals surface area contributed by atoms with Crippen LogP contribution in [-0.2, 0) is 15.1 Å². The van der Waals surface area contributed by atoms with Crippen LogP contribution in [0.15, 0.2) is 60.7 Å². The molecule has 0 bridgehead atoms. The molecule has 152 valence electrons. The lowest BCUT2D eigenvalue weighted by molar-refractivity contribution is -0.134. The van der Waals surface area contributed by atoms with E-state index < -0.39 is 11.6 Å². The standard InChI is InChI=1S/C23H27N3O3/c1-3-5-16-25(19-14-10-7-11-15-19)20(27)17-26-21(28)23(4-2,24-22(26)29)18-12-8-6-9-13-18/h6-15H,3-5,16-17H2,1-2H3,(H,24,29). The molecule has 0 saturated carbocycles. The molecule has 1 saturated heterocycles. The van der Waals surface area contributed by atoms with E-state index in [9.17, 15) is 14.4 Å². The zero-order valence-corrected chi connectivity index (χ0v) is 16.9. The first-order chi connectivity index (χ1) is 14.0. The van der Waals surface area contributed by atoms with Crippen LogP contribution in [0.5, 0.6) is 0 Å². The molecular formula is C23H27N3O3. The van der Waals surface area contributed by atoms with E-state index in [1.54, 1.807) is 4.90 Å². The number of carbonyl (C=O) groups excluding carboxylic acids is 3. The average Bonchev–Trinajstić information content (AvgIpc) is 3.00. The van der Waals surface area contributed by atoms with Crippen LogP contribution < -0.4 is 10.2 Å². The van der Waals surface area contributed by atoms with Crippen LogP contribution in [0.2, 0.25) is 0 Å². The summed E-state index contributed by atoms with van der Waals surface area (Å²) in [5.41, 5.74) is 0.365. The Morgan fingerprint density at radius 1 is 1.00 bits per heavy atom. The number of nitrogens with zero attached hydrogens (tertiary/aromatic N) is 2. The minimum Gasteiger partial charge on any atom is -0.319 e. The highest BCUT2D eigenvalue weighted by Crippen LogP contribution is 2.32. The minimum atomic E-state index is -1.13. The van der Waals surface area contributed by atoms with Gasteiger partial charge in [0.05, 0.1) is 0 Å². The predicted molar refractivity (Wildman–Crippen MR) is 112 cm³/mol. The average molecular weight is 393 g/mol. The molecule has 0 radical (unpaired) electrons. The summed E-state index contributed by atoms with van der Waals surface area (Å²) in [6.07, 6.45) is 2.18. The maximum Gasteiger partial charge on any atom is 0.325 e.